The minimum atomic E-state index is -0.638. The molecule has 0 aromatic heterocycles. The number of para-hydroxylation sites is 1. The molecule has 0 aliphatic carbocycles. The lowest BCUT2D eigenvalue weighted by molar-refractivity contribution is -0.146. The molecule has 2 atom stereocenters. The number of rotatable bonds is 5. The Bertz CT molecular complexity index is 1200. The van der Waals surface area contributed by atoms with Crippen LogP contribution in [0.15, 0.2) is 71.6 Å². The van der Waals surface area contributed by atoms with Gasteiger partial charge in [-0.05, 0) is 24.3 Å². The maximum Gasteiger partial charge on any atom is 0.307 e. The molecule has 0 spiro atoms. The highest BCUT2D eigenvalue weighted by molar-refractivity contribution is 8.01. The Balaban J connectivity index is 1.26. The van der Waals surface area contributed by atoms with Crippen molar-refractivity contribution in [1.29, 1.82) is 0 Å². The third-order valence-corrected chi connectivity index (χ3v) is 6.62. The molecule has 3 aromatic carbocycles. The van der Waals surface area contributed by atoms with Gasteiger partial charge >= 0.3 is 5.97 Å². The van der Waals surface area contributed by atoms with Crippen molar-refractivity contribution < 1.29 is 28.2 Å². The molecule has 0 saturated heterocycles. The van der Waals surface area contributed by atoms with E-state index in [-0.39, 0.29) is 25.5 Å². The van der Waals surface area contributed by atoms with Gasteiger partial charge in [-0.25, -0.2) is 4.39 Å². The van der Waals surface area contributed by atoms with Crippen LogP contribution in [0.2, 0.25) is 0 Å². The number of fused-ring (bicyclic) bond motifs is 2. The molecule has 0 radical (unpaired) electrons. The van der Waals surface area contributed by atoms with E-state index in [0.29, 0.717) is 16.9 Å². The van der Waals surface area contributed by atoms with Crippen LogP contribution in [0.25, 0.3) is 0 Å². The fourth-order valence-electron chi connectivity index (χ4n) is 3.75. The summed E-state index contributed by atoms with van der Waals surface area (Å²) in [6, 6.07) is 19.5. The molecule has 0 unspecified atom stereocenters. The van der Waals surface area contributed by atoms with E-state index in [1.165, 1.54) is 23.9 Å². The van der Waals surface area contributed by atoms with E-state index in [4.69, 9.17) is 14.2 Å². The third kappa shape index (κ3) is 4.72. The molecule has 1 amide bonds. The zero-order valence-corrected chi connectivity index (χ0v) is 18.3. The Kier molecular flexibility index (Phi) is 6.02. The molecule has 6 nitrogen and oxygen atoms in total. The molecule has 8 heteroatoms. The van der Waals surface area contributed by atoms with Gasteiger partial charge in [0.05, 0.1) is 24.0 Å². The summed E-state index contributed by atoms with van der Waals surface area (Å²) in [6.45, 7) is 0.00191. The van der Waals surface area contributed by atoms with E-state index < -0.39 is 23.3 Å². The quantitative estimate of drug-likeness (QED) is 0.536. The Morgan fingerprint density at radius 1 is 1.12 bits per heavy atom. The summed E-state index contributed by atoms with van der Waals surface area (Å²) in [6.07, 6.45) is -0.736. The summed E-state index contributed by atoms with van der Waals surface area (Å²) in [7, 11) is 0. The van der Waals surface area contributed by atoms with Gasteiger partial charge in [0.25, 0.3) is 0 Å². The van der Waals surface area contributed by atoms with Crippen LogP contribution in [0.1, 0.15) is 29.4 Å². The van der Waals surface area contributed by atoms with Gasteiger partial charge in [0, 0.05) is 21.6 Å². The largest absolute Gasteiger partial charge is 0.461 e. The van der Waals surface area contributed by atoms with Crippen LogP contribution in [0.5, 0.6) is 5.75 Å². The van der Waals surface area contributed by atoms with Crippen LogP contribution in [0, 0.1) is 5.82 Å². The van der Waals surface area contributed by atoms with E-state index in [0.717, 1.165) is 16.1 Å². The van der Waals surface area contributed by atoms with Crippen LogP contribution >= 0.6 is 11.8 Å². The summed E-state index contributed by atoms with van der Waals surface area (Å²) in [5.74, 6) is -0.816. The number of carbonyl (C=O) groups is 2. The number of amides is 1. The number of esters is 1. The second-order valence-electron chi connectivity index (χ2n) is 7.68. The molecule has 5 rings (SSSR count). The lowest BCUT2D eigenvalue weighted by Crippen LogP contribution is -2.31. The first-order chi connectivity index (χ1) is 16.1. The SMILES string of the molecule is O=C(C[C@H]1Sc2ccccc2NC1=O)OCc1cc(F)cc2c1O[C@@H](c1ccccc1)OC2. The summed E-state index contributed by atoms with van der Waals surface area (Å²) < 4.78 is 31.3. The van der Waals surface area contributed by atoms with Crippen LogP contribution in [0.4, 0.5) is 10.1 Å². The number of benzene rings is 3. The number of carbonyl (C=O) groups excluding carboxylic acids is 2. The van der Waals surface area contributed by atoms with Gasteiger partial charge in [-0.15, -0.1) is 11.8 Å². The highest BCUT2D eigenvalue weighted by atomic mass is 32.2. The molecule has 2 aliphatic rings. The van der Waals surface area contributed by atoms with Gasteiger partial charge in [-0.1, -0.05) is 42.5 Å². The fraction of sp³-hybridized carbons (Fsp3) is 0.200. The molecule has 33 heavy (non-hydrogen) atoms. The smallest absolute Gasteiger partial charge is 0.307 e. The zero-order chi connectivity index (χ0) is 22.8. The van der Waals surface area contributed by atoms with Crippen molar-refractivity contribution in [2.45, 2.75) is 36.1 Å². The Morgan fingerprint density at radius 2 is 1.91 bits per heavy atom. The number of nitrogens with one attached hydrogen (secondary N) is 1. The monoisotopic (exact) mass is 465 g/mol. The van der Waals surface area contributed by atoms with Crippen LogP contribution in [0.3, 0.4) is 0 Å². The molecule has 1 N–H and O–H groups in total. The highest BCUT2D eigenvalue weighted by Crippen LogP contribution is 2.38. The predicted octanol–water partition coefficient (Wildman–Crippen LogP) is 4.98. The van der Waals surface area contributed by atoms with Crippen molar-refractivity contribution in [1.82, 2.24) is 0 Å². The molecule has 2 aliphatic heterocycles. The van der Waals surface area contributed by atoms with E-state index in [1.54, 1.807) is 0 Å². The van der Waals surface area contributed by atoms with Crippen molar-refractivity contribution in [3.63, 3.8) is 0 Å². The van der Waals surface area contributed by atoms with Gasteiger partial charge in [0.2, 0.25) is 12.2 Å². The van der Waals surface area contributed by atoms with Gasteiger partial charge in [-0.2, -0.15) is 0 Å². The average Bonchev–Trinajstić information content (AvgIpc) is 2.83. The number of hydrogen-bond donors (Lipinski definition) is 1. The molecular formula is C25H20FNO5S. The summed E-state index contributed by atoms with van der Waals surface area (Å²) >= 11 is 1.32. The first-order valence-corrected chi connectivity index (χ1v) is 11.3. The molecule has 0 bridgehead atoms. The lowest BCUT2D eigenvalue weighted by Gasteiger charge is -2.28. The number of thioether (sulfide) groups is 1. The first kappa shape index (κ1) is 21.5. The zero-order valence-electron chi connectivity index (χ0n) is 17.5. The molecule has 0 fully saturated rings. The van der Waals surface area contributed by atoms with Gasteiger partial charge in [0.1, 0.15) is 18.2 Å². The van der Waals surface area contributed by atoms with E-state index in [2.05, 4.69) is 5.32 Å². The van der Waals surface area contributed by atoms with E-state index in [1.807, 2.05) is 54.6 Å². The summed E-state index contributed by atoms with van der Waals surface area (Å²) in [5, 5.41) is 2.21. The van der Waals surface area contributed by atoms with Crippen molar-refractivity contribution in [3.05, 3.63) is 89.2 Å². The third-order valence-electron chi connectivity index (χ3n) is 5.34. The Labute approximate surface area is 194 Å². The number of hydrogen-bond acceptors (Lipinski definition) is 6. The van der Waals surface area contributed by atoms with Gasteiger partial charge < -0.3 is 19.5 Å². The van der Waals surface area contributed by atoms with E-state index in [9.17, 15) is 14.0 Å². The normalized spacial score (nSPS) is 19.0. The van der Waals surface area contributed by atoms with Gasteiger partial charge in [-0.3, -0.25) is 9.59 Å². The van der Waals surface area contributed by atoms with Crippen LogP contribution in [-0.2, 0) is 32.3 Å². The number of anilines is 1. The average molecular weight is 466 g/mol. The molecule has 0 saturated carbocycles. The predicted molar refractivity (Wildman–Crippen MR) is 120 cm³/mol. The topological polar surface area (TPSA) is 73.9 Å². The minimum Gasteiger partial charge on any atom is -0.461 e. The molecule has 2 heterocycles. The van der Waals surface area contributed by atoms with Crippen molar-refractivity contribution in [2.24, 2.45) is 0 Å². The Morgan fingerprint density at radius 3 is 2.76 bits per heavy atom. The maximum atomic E-state index is 14.2. The molecule has 3 aromatic rings. The van der Waals surface area contributed by atoms with Crippen molar-refractivity contribution in [2.75, 3.05) is 5.32 Å². The summed E-state index contributed by atoms with van der Waals surface area (Å²) in [4.78, 5) is 25.8. The van der Waals surface area contributed by atoms with Crippen molar-refractivity contribution >= 4 is 29.3 Å². The summed E-state index contributed by atoms with van der Waals surface area (Å²) in [5.41, 5.74) is 2.52. The maximum absolute atomic E-state index is 14.2. The molecular weight excluding hydrogens is 445 g/mol. The minimum absolute atomic E-state index is 0.0983. The standard InChI is InChI=1S/C25H20FNO5S/c26-18-10-16(23-17(11-18)14-31-25(32-23)15-6-2-1-3-7-15)13-30-22(28)12-21-24(29)27-19-8-4-5-9-20(19)33-21/h1-11,21,25H,12-14H2,(H,27,29)/t21-,25+/m1/s1. The Hall–Kier alpha value is -3.36. The lowest BCUT2D eigenvalue weighted by atomic mass is 10.1. The molecule has 168 valence electrons. The van der Waals surface area contributed by atoms with Gasteiger partial charge in [0.15, 0.2) is 0 Å². The second-order valence-corrected chi connectivity index (χ2v) is 8.93. The highest BCUT2D eigenvalue weighted by Gasteiger charge is 2.30. The fourth-order valence-corrected chi connectivity index (χ4v) is 4.85. The first-order valence-electron chi connectivity index (χ1n) is 10.4. The van der Waals surface area contributed by atoms with Crippen LogP contribution < -0.4 is 10.1 Å². The van der Waals surface area contributed by atoms with Crippen LogP contribution in [-0.4, -0.2) is 17.1 Å². The van der Waals surface area contributed by atoms with E-state index >= 15 is 0 Å². The number of halogens is 1. The van der Waals surface area contributed by atoms with Crippen molar-refractivity contribution in [3.8, 4) is 5.75 Å². The number of ether oxygens (including phenoxy) is 3. The second kappa shape index (κ2) is 9.25.